The molecule has 6 nitrogen and oxygen atoms in total. The Bertz CT molecular complexity index is 260. The summed E-state index contributed by atoms with van der Waals surface area (Å²) in [5.41, 5.74) is 0. The minimum Gasteiger partial charge on any atom is -0.343 e. The summed E-state index contributed by atoms with van der Waals surface area (Å²) < 4.78 is 0. The van der Waals surface area contributed by atoms with E-state index < -0.39 is 0 Å². The van der Waals surface area contributed by atoms with Gasteiger partial charge < -0.3 is 9.80 Å². The first-order valence-corrected chi connectivity index (χ1v) is 5.15. The van der Waals surface area contributed by atoms with E-state index in [0.717, 1.165) is 6.67 Å². The van der Waals surface area contributed by atoms with E-state index in [1.807, 2.05) is 36.8 Å². The zero-order chi connectivity index (χ0) is 11.0. The number of hydrogen-bond acceptors (Lipinski definition) is 6. The third kappa shape index (κ3) is 1.71. The molecule has 2 aliphatic rings. The van der Waals surface area contributed by atoms with Crippen LogP contribution >= 0.6 is 0 Å². The van der Waals surface area contributed by atoms with E-state index in [4.69, 9.17) is 0 Å². The summed E-state index contributed by atoms with van der Waals surface area (Å²) in [5.74, 6) is 0. The van der Waals surface area contributed by atoms with Crippen molar-refractivity contribution in [2.24, 2.45) is 10.2 Å². The summed E-state index contributed by atoms with van der Waals surface area (Å²) in [6.45, 7) is 4.98. The Morgan fingerprint density at radius 2 is 1.33 bits per heavy atom. The van der Waals surface area contributed by atoms with E-state index in [9.17, 15) is 0 Å². The minimum atomic E-state index is 0.304. The molecular formula is C9H18N6. The van der Waals surface area contributed by atoms with Crippen LogP contribution in [0.25, 0.3) is 0 Å². The molecule has 0 bridgehead atoms. The van der Waals surface area contributed by atoms with E-state index >= 15 is 0 Å². The number of nitrogens with zero attached hydrogens (tertiary/aromatic N) is 6. The molecule has 0 aromatic heterocycles. The molecule has 0 amide bonds. The van der Waals surface area contributed by atoms with Gasteiger partial charge in [-0.1, -0.05) is 0 Å². The first-order valence-electron chi connectivity index (χ1n) is 5.15. The molecule has 0 radical (unpaired) electrons. The fraction of sp³-hybridized carbons (Fsp3) is 0.778. The Balaban J connectivity index is 1.93. The van der Waals surface area contributed by atoms with E-state index in [2.05, 4.69) is 33.9 Å². The van der Waals surface area contributed by atoms with E-state index in [1.54, 1.807) is 0 Å². The van der Waals surface area contributed by atoms with Gasteiger partial charge >= 0.3 is 0 Å². The number of rotatable bonds is 2. The maximum atomic E-state index is 4.32. The second-order valence-corrected chi connectivity index (χ2v) is 4.08. The van der Waals surface area contributed by atoms with E-state index in [1.165, 1.54) is 0 Å². The van der Waals surface area contributed by atoms with Crippen LogP contribution in [0.15, 0.2) is 10.2 Å². The standard InChI is InChI=1S/C9H18N6/c1-8-12(3)5-10-14(8)7-15-9(2)13(4)6-11-15/h5-6,8-9H,7H2,1-4H3/t8-,9+. The molecule has 2 rings (SSSR count). The summed E-state index contributed by atoms with van der Waals surface area (Å²) in [4.78, 5) is 4.16. The smallest absolute Gasteiger partial charge is 0.128 e. The quantitative estimate of drug-likeness (QED) is 0.644. The second-order valence-electron chi connectivity index (χ2n) is 4.08. The molecule has 0 aliphatic carbocycles. The van der Waals surface area contributed by atoms with Gasteiger partial charge in [-0.3, -0.25) is 10.0 Å². The molecule has 0 saturated carbocycles. The highest BCUT2D eigenvalue weighted by atomic mass is 15.7. The SMILES string of the molecule is C[C@@H]1N(C)C=NN1CN1N=CN(C)[C@@H]1C. The van der Waals surface area contributed by atoms with Crippen molar-refractivity contribution in [3.8, 4) is 0 Å². The monoisotopic (exact) mass is 210 g/mol. The molecule has 0 spiro atoms. The molecule has 0 fully saturated rings. The lowest BCUT2D eigenvalue weighted by molar-refractivity contribution is 0.0443. The van der Waals surface area contributed by atoms with Gasteiger partial charge in [0, 0.05) is 14.1 Å². The fourth-order valence-electron chi connectivity index (χ4n) is 1.56. The summed E-state index contributed by atoms with van der Waals surface area (Å²) in [7, 11) is 4.05. The second kappa shape index (κ2) is 3.60. The molecule has 6 heteroatoms. The Morgan fingerprint density at radius 1 is 0.933 bits per heavy atom. The molecule has 2 heterocycles. The molecule has 2 atom stereocenters. The van der Waals surface area contributed by atoms with Crippen molar-refractivity contribution in [1.29, 1.82) is 0 Å². The average Bonchev–Trinajstić information content (AvgIpc) is 2.68. The third-order valence-electron chi connectivity index (χ3n) is 3.10. The predicted octanol–water partition coefficient (Wildman–Crippen LogP) is 0.0173. The van der Waals surface area contributed by atoms with Gasteiger partial charge in [0.1, 0.15) is 31.7 Å². The van der Waals surface area contributed by atoms with Crippen molar-refractivity contribution < 1.29 is 0 Å². The van der Waals surface area contributed by atoms with Crippen molar-refractivity contribution in [3.63, 3.8) is 0 Å². The van der Waals surface area contributed by atoms with Crippen LogP contribution in [-0.2, 0) is 0 Å². The normalized spacial score (nSPS) is 29.9. The zero-order valence-corrected chi connectivity index (χ0v) is 9.70. The summed E-state index contributed by atoms with van der Waals surface area (Å²) >= 11 is 0. The van der Waals surface area contributed by atoms with Gasteiger partial charge in [0.15, 0.2) is 0 Å². The van der Waals surface area contributed by atoms with E-state index in [0.29, 0.717) is 12.3 Å². The largest absolute Gasteiger partial charge is 0.343 e. The Hall–Kier alpha value is -1.46. The first-order chi connectivity index (χ1) is 7.09. The van der Waals surface area contributed by atoms with Crippen LogP contribution in [0.2, 0.25) is 0 Å². The van der Waals surface area contributed by atoms with Crippen molar-refractivity contribution in [2.75, 3.05) is 20.8 Å². The highest BCUT2D eigenvalue weighted by Gasteiger charge is 2.27. The highest BCUT2D eigenvalue weighted by molar-refractivity contribution is 5.57. The Morgan fingerprint density at radius 3 is 1.60 bits per heavy atom. The lowest BCUT2D eigenvalue weighted by Crippen LogP contribution is -2.44. The van der Waals surface area contributed by atoms with Crippen LogP contribution < -0.4 is 0 Å². The van der Waals surface area contributed by atoms with Crippen LogP contribution in [0.1, 0.15) is 13.8 Å². The summed E-state index contributed by atoms with van der Waals surface area (Å²) in [5, 5.41) is 12.7. The molecule has 0 aromatic rings. The summed E-state index contributed by atoms with van der Waals surface area (Å²) in [6, 6.07) is 0. The molecule has 0 aromatic carbocycles. The van der Waals surface area contributed by atoms with Gasteiger partial charge in [0.2, 0.25) is 0 Å². The van der Waals surface area contributed by atoms with Gasteiger partial charge in [-0.05, 0) is 13.8 Å². The predicted molar refractivity (Wildman–Crippen MR) is 60.0 cm³/mol. The fourth-order valence-corrected chi connectivity index (χ4v) is 1.56. The van der Waals surface area contributed by atoms with Gasteiger partial charge in [-0.25, -0.2) is 0 Å². The maximum absolute atomic E-state index is 4.32. The molecule has 15 heavy (non-hydrogen) atoms. The number of hydrazone groups is 2. The zero-order valence-electron chi connectivity index (χ0n) is 9.70. The highest BCUT2D eigenvalue weighted by Crippen LogP contribution is 2.15. The maximum Gasteiger partial charge on any atom is 0.128 e. The van der Waals surface area contributed by atoms with E-state index in [-0.39, 0.29) is 0 Å². The average molecular weight is 210 g/mol. The van der Waals surface area contributed by atoms with Crippen LogP contribution in [-0.4, -0.2) is 65.6 Å². The lowest BCUT2D eigenvalue weighted by Gasteiger charge is -2.31. The third-order valence-corrected chi connectivity index (χ3v) is 3.10. The molecule has 2 aliphatic heterocycles. The first kappa shape index (κ1) is 10.1. The Kier molecular flexibility index (Phi) is 2.42. The topological polar surface area (TPSA) is 37.7 Å². The van der Waals surface area contributed by atoms with Crippen molar-refractivity contribution in [1.82, 2.24) is 19.8 Å². The lowest BCUT2D eigenvalue weighted by atomic mass is 10.5. The van der Waals surface area contributed by atoms with Gasteiger partial charge in [0.05, 0.1) is 0 Å². The van der Waals surface area contributed by atoms with Crippen molar-refractivity contribution >= 4 is 12.7 Å². The van der Waals surface area contributed by atoms with Crippen LogP contribution in [0.3, 0.4) is 0 Å². The van der Waals surface area contributed by atoms with Gasteiger partial charge in [0.25, 0.3) is 0 Å². The van der Waals surface area contributed by atoms with Crippen molar-refractivity contribution in [2.45, 2.75) is 26.2 Å². The van der Waals surface area contributed by atoms with Crippen LogP contribution in [0.5, 0.6) is 0 Å². The summed E-state index contributed by atoms with van der Waals surface area (Å²) in [6.07, 6.45) is 4.30. The molecule has 0 unspecified atom stereocenters. The molecular weight excluding hydrogens is 192 g/mol. The Labute approximate surface area is 90.4 Å². The molecule has 0 saturated heterocycles. The van der Waals surface area contributed by atoms with Gasteiger partial charge in [-0.2, -0.15) is 10.2 Å². The molecule has 0 N–H and O–H groups in total. The number of hydrogen-bond donors (Lipinski definition) is 0. The van der Waals surface area contributed by atoms with Gasteiger partial charge in [-0.15, -0.1) is 0 Å². The minimum absolute atomic E-state index is 0.304. The molecule has 84 valence electrons. The van der Waals surface area contributed by atoms with Crippen LogP contribution in [0.4, 0.5) is 0 Å². The van der Waals surface area contributed by atoms with Crippen LogP contribution in [0, 0.1) is 0 Å². The van der Waals surface area contributed by atoms with Crippen molar-refractivity contribution in [3.05, 3.63) is 0 Å².